The van der Waals surface area contributed by atoms with Crippen molar-refractivity contribution in [2.45, 2.75) is 26.9 Å². The molecule has 0 saturated carbocycles. The van der Waals surface area contributed by atoms with Crippen LogP contribution in [0.2, 0.25) is 0 Å². The molecule has 0 unspecified atom stereocenters. The Morgan fingerprint density at radius 2 is 2.19 bits per heavy atom. The molecule has 0 bridgehead atoms. The fraction of sp³-hybridized carbons (Fsp3) is 0.333. The van der Waals surface area contributed by atoms with Crippen molar-refractivity contribution in [2.75, 3.05) is 0 Å². The number of imidazole rings is 1. The predicted octanol–water partition coefficient (Wildman–Crippen LogP) is 1.71. The minimum Gasteiger partial charge on any atom is -0.348 e. The molecule has 84 valence electrons. The summed E-state index contributed by atoms with van der Waals surface area (Å²) in [4.78, 5) is 11.4. The van der Waals surface area contributed by atoms with E-state index in [1.807, 2.05) is 25.4 Å². The van der Waals surface area contributed by atoms with Crippen molar-refractivity contribution < 1.29 is 0 Å². The molecule has 0 saturated heterocycles. The van der Waals surface area contributed by atoms with E-state index < -0.39 is 0 Å². The van der Waals surface area contributed by atoms with E-state index in [0.717, 1.165) is 24.5 Å². The summed E-state index contributed by atoms with van der Waals surface area (Å²) >= 11 is 0. The largest absolute Gasteiger partial charge is 0.348 e. The Morgan fingerprint density at radius 3 is 2.88 bits per heavy atom. The van der Waals surface area contributed by atoms with E-state index in [1.165, 1.54) is 11.1 Å². The first kappa shape index (κ1) is 10.8. The number of nitrogens with zero attached hydrogens (tertiary/aromatic N) is 2. The van der Waals surface area contributed by atoms with Gasteiger partial charge in [-0.25, -0.2) is 4.98 Å². The van der Waals surface area contributed by atoms with Crippen molar-refractivity contribution in [2.24, 2.45) is 0 Å². The Morgan fingerprint density at radius 1 is 1.31 bits per heavy atom. The first-order valence-electron chi connectivity index (χ1n) is 5.36. The third kappa shape index (κ3) is 2.46. The van der Waals surface area contributed by atoms with Crippen molar-refractivity contribution in [1.29, 1.82) is 0 Å². The van der Waals surface area contributed by atoms with Gasteiger partial charge in [0.2, 0.25) is 0 Å². The Balaban J connectivity index is 1.89. The maximum absolute atomic E-state index is 4.24. The van der Waals surface area contributed by atoms with Crippen LogP contribution in [0.15, 0.2) is 24.8 Å². The lowest BCUT2D eigenvalue weighted by molar-refractivity contribution is 0.675. The molecule has 0 fully saturated rings. The van der Waals surface area contributed by atoms with E-state index in [-0.39, 0.29) is 0 Å². The van der Waals surface area contributed by atoms with Gasteiger partial charge in [-0.2, -0.15) is 0 Å². The Labute approximate surface area is 95.1 Å². The summed E-state index contributed by atoms with van der Waals surface area (Å²) in [5.41, 5.74) is 4.69. The number of aryl methyl sites for hydroxylation is 2. The maximum Gasteiger partial charge on any atom is 0.0925 e. The second-order valence-electron chi connectivity index (χ2n) is 3.88. The zero-order valence-corrected chi connectivity index (χ0v) is 9.62. The van der Waals surface area contributed by atoms with Crippen molar-refractivity contribution in [1.82, 2.24) is 20.3 Å². The first-order valence-corrected chi connectivity index (χ1v) is 5.36. The number of rotatable bonds is 4. The highest BCUT2D eigenvalue weighted by atomic mass is 14.9. The topological polar surface area (TPSA) is 53.6 Å². The van der Waals surface area contributed by atoms with Gasteiger partial charge in [0.1, 0.15) is 0 Å². The van der Waals surface area contributed by atoms with Gasteiger partial charge >= 0.3 is 0 Å². The summed E-state index contributed by atoms with van der Waals surface area (Å²) in [6.07, 6.45) is 5.44. The normalized spacial score (nSPS) is 10.6. The van der Waals surface area contributed by atoms with Gasteiger partial charge in [0, 0.05) is 31.2 Å². The van der Waals surface area contributed by atoms with Crippen LogP contribution in [0.1, 0.15) is 22.5 Å². The van der Waals surface area contributed by atoms with Gasteiger partial charge in [0.05, 0.1) is 12.0 Å². The highest BCUT2D eigenvalue weighted by molar-refractivity contribution is 5.21. The van der Waals surface area contributed by atoms with E-state index >= 15 is 0 Å². The molecule has 2 rings (SSSR count). The van der Waals surface area contributed by atoms with Crippen molar-refractivity contribution in [3.05, 3.63) is 47.3 Å². The smallest absolute Gasteiger partial charge is 0.0925 e. The van der Waals surface area contributed by atoms with Crippen LogP contribution in [-0.4, -0.2) is 15.0 Å². The summed E-state index contributed by atoms with van der Waals surface area (Å²) in [6, 6.07) is 2.02. The van der Waals surface area contributed by atoms with Gasteiger partial charge in [-0.1, -0.05) is 0 Å². The minimum atomic E-state index is 0.781. The summed E-state index contributed by atoms with van der Waals surface area (Å²) in [5, 5.41) is 3.36. The second kappa shape index (κ2) is 4.90. The molecule has 4 heteroatoms. The van der Waals surface area contributed by atoms with Crippen LogP contribution in [-0.2, 0) is 13.1 Å². The molecule has 0 aliphatic rings. The number of hydrogen-bond donors (Lipinski definition) is 2. The summed E-state index contributed by atoms with van der Waals surface area (Å²) in [7, 11) is 0. The molecular formula is C12H16N4. The molecule has 0 atom stereocenters. The standard InChI is InChI=1S/C12H16N4/c1-9-3-4-13-5-11(9)6-14-7-12-10(2)15-8-16-12/h3-5,8,14H,6-7H2,1-2H3,(H,15,16). The number of hydrogen-bond acceptors (Lipinski definition) is 3. The third-order valence-corrected chi connectivity index (χ3v) is 2.69. The average Bonchev–Trinajstić information content (AvgIpc) is 2.67. The lowest BCUT2D eigenvalue weighted by Crippen LogP contribution is -2.14. The molecule has 0 aliphatic carbocycles. The number of aromatic nitrogens is 3. The van der Waals surface area contributed by atoms with E-state index in [2.05, 4.69) is 27.2 Å². The Bertz CT molecular complexity index is 462. The summed E-state index contributed by atoms with van der Waals surface area (Å²) in [5.74, 6) is 0. The van der Waals surface area contributed by atoms with Gasteiger partial charge in [0.15, 0.2) is 0 Å². The fourth-order valence-electron chi connectivity index (χ4n) is 1.56. The van der Waals surface area contributed by atoms with Crippen molar-refractivity contribution >= 4 is 0 Å². The molecule has 4 nitrogen and oxygen atoms in total. The van der Waals surface area contributed by atoms with E-state index in [1.54, 1.807) is 6.33 Å². The fourth-order valence-corrected chi connectivity index (χ4v) is 1.56. The van der Waals surface area contributed by atoms with Crippen LogP contribution < -0.4 is 5.32 Å². The van der Waals surface area contributed by atoms with E-state index in [4.69, 9.17) is 0 Å². The van der Waals surface area contributed by atoms with Gasteiger partial charge < -0.3 is 10.3 Å². The third-order valence-electron chi connectivity index (χ3n) is 2.69. The zero-order valence-electron chi connectivity index (χ0n) is 9.62. The number of nitrogens with one attached hydrogen (secondary N) is 2. The van der Waals surface area contributed by atoms with Crippen LogP contribution in [0.3, 0.4) is 0 Å². The zero-order chi connectivity index (χ0) is 11.4. The molecule has 2 aromatic heterocycles. The molecule has 2 N–H and O–H groups in total. The van der Waals surface area contributed by atoms with Crippen LogP contribution in [0.4, 0.5) is 0 Å². The number of H-pyrrole nitrogens is 1. The van der Waals surface area contributed by atoms with Gasteiger partial charge in [-0.05, 0) is 31.0 Å². The van der Waals surface area contributed by atoms with E-state index in [9.17, 15) is 0 Å². The van der Waals surface area contributed by atoms with Crippen molar-refractivity contribution in [3.8, 4) is 0 Å². The SMILES string of the molecule is Cc1ccncc1CNCc1nc[nH]c1C. The number of pyridine rings is 1. The summed E-state index contributed by atoms with van der Waals surface area (Å²) < 4.78 is 0. The molecule has 0 aromatic carbocycles. The predicted molar refractivity (Wildman–Crippen MR) is 62.8 cm³/mol. The van der Waals surface area contributed by atoms with E-state index in [0.29, 0.717) is 0 Å². The van der Waals surface area contributed by atoms with Crippen LogP contribution in [0.5, 0.6) is 0 Å². The molecule has 0 amide bonds. The highest BCUT2D eigenvalue weighted by Gasteiger charge is 2.01. The number of aromatic amines is 1. The van der Waals surface area contributed by atoms with Crippen LogP contribution in [0.25, 0.3) is 0 Å². The molecule has 0 radical (unpaired) electrons. The van der Waals surface area contributed by atoms with Crippen LogP contribution >= 0.6 is 0 Å². The lowest BCUT2D eigenvalue weighted by Gasteiger charge is -2.06. The second-order valence-corrected chi connectivity index (χ2v) is 3.88. The van der Waals surface area contributed by atoms with Crippen LogP contribution in [0, 0.1) is 13.8 Å². The molecular weight excluding hydrogens is 200 g/mol. The molecule has 2 aromatic rings. The van der Waals surface area contributed by atoms with Gasteiger partial charge in [-0.3, -0.25) is 4.98 Å². The van der Waals surface area contributed by atoms with Gasteiger partial charge in [-0.15, -0.1) is 0 Å². The average molecular weight is 216 g/mol. The van der Waals surface area contributed by atoms with Crippen molar-refractivity contribution in [3.63, 3.8) is 0 Å². The highest BCUT2D eigenvalue weighted by Crippen LogP contribution is 2.05. The molecule has 0 spiro atoms. The minimum absolute atomic E-state index is 0.781. The Kier molecular flexibility index (Phi) is 3.31. The molecule has 16 heavy (non-hydrogen) atoms. The monoisotopic (exact) mass is 216 g/mol. The Hall–Kier alpha value is -1.68. The molecule has 2 heterocycles. The van der Waals surface area contributed by atoms with Gasteiger partial charge in [0.25, 0.3) is 0 Å². The molecule has 0 aliphatic heterocycles. The maximum atomic E-state index is 4.24. The lowest BCUT2D eigenvalue weighted by atomic mass is 10.1. The summed E-state index contributed by atoms with van der Waals surface area (Å²) in [6.45, 7) is 5.73. The quantitative estimate of drug-likeness (QED) is 0.818. The first-order chi connectivity index (χ1) is 7.77.